The van der Waals surface area contributed by atoms with E-state index in [0.717, 1.165) is 0 Å². The minimum Gasteiger partial charge on any atom is -0.282 e. The zero-order chi connectivity index (χ0) is 11.7. The summed E-state index contributed by atoms with van der Waals surface area (Å²) in [6.45, 7) is 1.73. The third-order valence-electron chi connectivity index (χ3n) is 2.07. The van der Waals surface area contributed by atoms with Gasteiger partial charge in [-0.15, -0.1) is 0 Å². The average molecular weight is 239 g/mol. The molecule has 0 bridgehead atoms. The molecule has 0 saturated heterocycles. The molecule has 0 aliphatic rings. The van der Waals surface area contributed by atoms with Gasteiger partial charge in [0, 0.05) is 18.5 Å². The molecule has 0 spiro atoms. The second-order valence-corrected chi connectivity index (χ2v) is 3.47. The molecule has 2 aromatic heterocycles. The van der Waals surface area contributed by atoms with Gasteiger partial charge >= 0.3 is 5.69 Å². The highest BCUT2D eigenvalue weighted by Crippen LogP contribution is 2.23. The van der Waals surface area contributed by atoms with Crippen molar-refractivity contribution in [3.05, 3.63) is 45.6 Å². The molecule has 0 N–H and O–H groups in total. The van der Waals surface area contributed by atoms with Crippen LogP contribution in [0.3, 0.4) is 0 Å². The molecular formula is C9H7ClN4O2. The quantitative estimate of drug-likeness (QED) is 0.456. The Bertz CT molecular complexity index is 552. The maximum atomic E-state index is 10.8. The van der Waals surface area contributed by atoms with Crippen LogP contribution in [0.5, 0.6) is 0 Å². The Hall–Kier alpha value is -1.95. The number of hydrogen-bond donors (Lipinski definition) is 0. The highest BCUT2D eigenvalue weighted by atomic mass is 35.5. The summed E-state index contributed by atoms with van der Waals surface area (Å²) in [5.74, 6) is 0.783. The predicted octanol–water partition coefficient (Wildman–Crippen LogP) is 2.14. The molecule has 2 heterocycles. The molecule has 6 nitrogen and oxygen atoms in total. The summed E-state index contributed by atoms with van der Waals surface area (Å²) in [6, 6.07) is 2.71. The summed E-state index contributed by atoms with van der Waals surface area (Å²) < 4.78 is 1.52. The number of rotatable bonds is 2. The van der Waals surface area contributed by atoms with Gasteiger partial charge in [0.2, 0.25) is 5.82 Å². The predicted molar refractivity (Wildman–Crippen MR) is 57.8 cm³/mol. The topological polar surface area (TPSA) is 73.8 Å². The lowest BCUT2D eigenvalue weighted by molar-refractivity contribution is -0.384. The molecule has 0 saturated carbocycles. The van der Waals surface area contributed by atoms with Crippen LogP contribution in [0.4, 0.5) is 5.69 Å². The van der Waals surface area contributed by atoms with Crippen LogP contribution in [-0.2, 0) is 0 Å². The SMILES string of the molecule is Cc1nccn1-c1nc(Cl)ccc1[N+](=O)[O-]. The van der Waals surface area contributed by atoms with Crippen molar-refractivity contribution in [1.82, 2.24) is 14.5 Å². The molecule has 0 aliphatic heterocycles. The van der Waals surface area contributed by atoms with Gasteiger partial charge in [-0.25, -0.2) is 9.97 Å². The summed E-state index contributed by atoms with van der Waals surface area (Å²) in [6.07, 6.45) is 3.14. The molecule has 82 valence electrons. The summed E-state index contributed by atoms with van der Waals surface area (Å²) in [5.41, 5.74) is -0.106. The molecule has 16 heavy (non-hydrogen) atoms. The third kappa shape index (κ3) is 1.74. The van der Waals surface area contributed by atoms with Crippen LogP contribution in [0.15, 0.2) is 24.5 Å². The Morgan fingerprint density at radius 1 is 1.50 bits per heavy atom. The molecule has 0 fully saturated rings. The van der Waals surface area contributed by atoms with E-state index >= 15 is 0 Å². The van der Waals surface area contributed by atoms with E-state index in [0.29, 0.717) is 5.82 Å². The fraction of sp³-hybridized carbons (Fsp3) is 0.111. The van der Waals surface area contributed by atoms with Crippen molar-refractivity contribution in [1.29, 1.82) is 0 Å². The first kappa shape index (κ1) is 10.6. The number of nitro groups is 1. The molecule has 0 amide bonds. The lowest BCUT2D eigenvalue weighted by Gasteiger charge is -2.04. The minimum atomic E-state index is -0.502. The van der Waals surface area contributed by atoms with E-state index in [9.17, 15) is 10.1 Å². The first-order valence-electron chi connectivity index (χ1n) is 4.41. The van der Waals surface area contributed by atoms with Crippen molar-refractivity contribution in [2.24, 2.45) is 0 Å². The number of aryl methyl sites for hydroxylation is 1. The summed E-state index contributed by atoms with van der Waals surface area (Å²) in [4.78, 5) is 18.3. The van der Waals surface area contributed by atoms with Gasteiger partial charge in [-0.2, -0.15) is 0 Å². The zero-order valence-electron chi connectivity index (χ0n) is 8.29. The van der Waals surface area contributed by atoms with Gasteiger partial charge in [-0.3, -0.25) is 14.7 Å². The molecular weight excluding hydrogens is 232 g/mol. The van der Waals surface area contributed by atoms with Gasteiger partial charge in [0.1, 0.15) is 11.0 Å². The molecule has 0 aliphatic carbocycles. The number of nitrogens with zero attached hydrogens (tertiary/aromatic N) is 4. The van der Waals surface area contributed by atoms with Gasteiger partial charge in [-0.1, -0.05) is 11.6 Å². The Labute approximate surface area is 95.7 Å². The zero-order valence-corrected chi connectivity index (χ0v) is 9.05. The smallest absolute Gasteiger partial charge is 0.282 e. The second-order valence-electron chi connectivity index (χ2n) is 3.08. The van der Waals surface area contributed by atoms with E-state index in [1.807, 2.05) is 0 Å². The highest BCUT2D eigenvalue weighted by Gasteiger charge is 2.18. The summed E-state index contributed by atoms with van der Waals surface area (Å²) >= 11 is 5.72. The Morgan fingerprint density at radius 3 is 2.81 bits per heavy atom. The first-order valence-corrected chi connectivity index (χ1v) is 4.78. The van der Waals surface area contributed by atoms with Crippen molar-refractivity contribution in [3.63, 3.8) is 0 Å². The van der Waals surface area contributed by atoms with E-state index in [2.05, 4.69) is 9.97 Å². The van der Waals surface area contributed by atoms with Crippen molar-refractivity contribution in [2.75, 3.05) is 0 Å². The van der Waals surface area contributed by atoms with Crippen LogP contribution in [0.25, 0.3) is 5.82 Å². The molecule has 0 unspecified atom stereocenters. The average Bonchev–Trinajstić information content (AvgIpc) is 2.63. The second kappa shape index (κ2) is 3.90. The third-order valence-corrected chi connectivity index (χ3v) is 2.28. The number of aromatic nitrogens is 3. The molecule has 2 rings (SSSR count). The molecule has 0 atom stereocenters. The van der Waals surface area contributed by atoms with Crippen molar-refractivity contribution in [3.8, 4) is 5.82 Å². The van der Waals surface area contributed by atoms with E-state index < -0.39 is 4.92 Å². The summed E-state index contributed by atoms with van der Waals surface area (Å²) in [7, 11) is 0. The Morgan fingerprint density at radius 2 is 2.25 bits per heavy atom. The van der Waals surface area contributed by atoms with E-state index in [1.165, 1.54) is 16.7 Å². The minimum absolute atomic E-state index is 0.106. The number of hydrogen-bond acceptors (Lipinski definition) is 4. The van der Waals surface area contributed by atoms with Gasteiger partial charge in [-0.05, 0) is 13.0 Å². The van der Waals surface area contributed by atoms with Crippen LogP contribution < -0.4 is 0 Å². The number of imidazole rings is 1. The van der Waals surface area contributed by atoms with E-state index in [4.69, 9.17) is 11.6 Å². The van der Waals surface area contributed by atoms with Gasteiger partial charge in [0.15, 0.2) is 0 Å². The lowest BCUT2D eigenvalue weighted by atomic mass is 10.4. The summed E-state index contributed by atoms with van der Waals surface area (Å²) in [5, 5.41) is 11.0. The first-order chi connectivity index (χ1) is 7.59. The Kier molecular flexibility index (Phi) is 2.57. The number of halogens is 1. The van der Waals surface area contributed by atoms with Crippen molar-refractivity contribution in [2.45, 2.75) is 6.92 Å². The van der Waals surface area contributed by atoms with Crippen LogP contribution >= 0.6 is 11.6 Å². The van der Waals surface area contributed by atoms with Gasteiger partial charge in [0.05, 0.1) is 4.92 Å². The molecule has 2 aromatic rings. The normalized spacial score (nSPS) is 10.4. The van der Waals surface area contributed by atoms with Gasteiger partial charge in [0.25, 0.3) is 0 Å². The molecule has 0 aromatic carbocycles. The maximum absolute atomic E-state index is 10.8. The van der Waals surface area contributed by atoms with Crippen LogP contribution in [0.2, 0.25) is 5.15 Å². The Balaban J connectivity index is 2.67. The van der Waals surface area contributed by atoms with Gasteiger partial charge < -0.3 is 0 Å². The standard InChI is InChI=1S/C9H7ClN4O2/c1-6-11-4-5-13(6)9-7(14(15)16)2-3-8(10)12-9/h2-5H,1H3. The number of pyridine rings is 1. The molecule has 0 radical (unpaired) electrons. The van der Waals surface area contributed by atoms with Crippen molar-refractivity contribution < 1.29 is 4.92 Å². The maximum Gasteiger partial charge on any atom is 0.312 e. The lowest BCUT2D eigenvalue weighted by Crippen LogP contribution is -2.03. The van der Waals surface area contributed by atoms with Crippen LogP contribution in [0.1, 0.15) is 5.82 Å². The monoisotopic (exact) mass is 238 g/mol. The fourth-order valence-corrected chi connectivity index (χ4v) is 1.48. The van der Waals surface area contributed by atoms with Crippen LogP contribution in [-0.4, -0.2) is 19.5 Å². The van der Waals surface area contributed by atoms with Crippen LogP contribution in [0, 0.1) is 17.0 Å². The highest BCUT2D eigenvalue weighted by molar-refractivity contribution is 6.29. The molecule has 7 heteroatoms. The van der Waals surface area contributed by atoms with E-state index in [1.54, 1.807) is 19.3 Å². The van der Waals surface area contributed by atoms with Crippen molar-refractivity contribution >= 4 is 17.3 Å². The largest absolute Gasteiger partial charge is 0.312 e. The fourth-order valence-electron chi connectivity index (χ4n) is 1.34. The van der Waals surface area contributed by atoms with E-state index in [-0.39, 0.29) is 16.7 Å².